The molecule has 75 heavy (non-hydrogen) atoms. The molecule has 23 heteroatoms. The van der Waals surface area contributed by atoms with Gasteiger partial charge in [0.15, 0.2) is 0 Å². The summed E-state index contributed by atoms with van der Waals surface area (Å²) in [6, 6.07) is 15.4. The number of hydrogen-bond donors (Lipinski definition) is 5. The summed E-state index contributed by atoms with van der Waals surface area (Å²) in [5.41, 5.74) is 6.04. The number of rotatable bonds is 26. The average molecular weight is 1180 g/mol. The second-order valence-corrected chi connectivity index (χ2v) is 33.9. The quantitative estimate of drug-likeness (QED) is 0.0149. The monoisotopic (exact) mass is 1170 g/mol. The van der Waals surface area contributed by atoms with E-state index in [2.05, 4.69) is 104 Å². The first-order valence-electron chi connectivity index (χ1n) is 25.0. The van der Waals surface area contributed by atoms with Crippen LogP contribution in [0.3, 0.4) is 0 Å². The Labute approximate surface area is 462 Å². The van der Waals surface area contributed by atoms with E-state index in [9.17, 15) is 8.78 Å². The van der Waals surface area contributed by atoms with Crippen molar-refractivity contribution in [2.45, 2.75) is 122 Å². The summed E-state index contributed by atoms with van der Waals surface area (Å²) < 4.78 is 55.7. The van der Waals surface area contributed by atoms with E-state index < -0.39 is 16.1 Å². The van der Waals surface area contributed by atoms with Crippen LogP contribution in [-0.2, 0) is 22.9 Å². The van der Waals surface area contributed by atoms with Crippen molar-refractivity contribution in [3.8, 4) is 34.0 Å². The van der Waals surface area contributed by atoms with Crippen LogP contribution in [0.2, 0.25) is 51.4 Å². The molecule has 0 radical (unpaired) electrons. The van der Waals surface area contributed by atoms with Crippen molar-refractivity contribution in [2.75, 3.05) is 62.8 Å². The van der Waals surface area contributed by atoms with Crippen LogP contribution in [0.5, 0.6) is 11.8 Å². The van der Waals surface area contributed by atoms with E-state index in [1.807, 2.05) is 39.8 Å². The van der Waals surface area contributed by atoms with E-state index in [0.717, 1.165) is 57.9 Å². The standard InChI is InChI=1S/C26H38FN5O3SSi.C23H31BrFN5O2Si.C3H8OS/c1-18(2)21-15-20(27)16-22(19-8-9-28-23(14-19)34-3)24(21)29-25-30-26(36-12-7-10-33)31-32(25)17-35-11-13-37(4,5)6;1-15(2)18-12-17(25)13-19(16-7-8-26-20(11-16)31-3)21(18)27-23-28-22(24)29-30(23)14-32-9-10-33(4,5)6;4-2-1-3-5/h8-9,14-16,18,33H,7,10-13,17H2,1-6H3,(H,29,30,31);7-8,11-13,15H,9-10,14H2,1-6H3,(H,27,28,29);4-5H,1-3H2. The van der Waals surface area contributed by atoms with E-state index in [4.69, 9.17) is 34.1 Å². The Kier molecular flexibility index (Phi) is 26.1. The van der Waals surface area contributed by atoms with Crippen LogP contribution in [0.1, 0.15) is 63.5 Å². The van der Waals surface area contributed by atoms with Crippen molar-refractivity contribution in [3.63, 3.8) is 0 Å². The minimum atomic E-state index is -1.23. The van der Waals surface area contributed by atoms with Crippen LogP contribution >= 0.6 is 40.3 Å². The van der Waals surface area contributed by atoms with E-state index in [-0.39, 0.29) is 50.1 Å². The maximum absolute atomic E-state index is 14.8. The Morgan fingerprint density at radius 3 is 1.53 bits per heavy atom. The smallest absolute Gasteiger partial charge is 0.228 e. The number of thiol groups is 1. The first-order valence-corrected chi connectivity index (χ1v) is 34.8. The Morgan fingerprint density at radius 2 is 1.13 bits per heavy atom. The normalized spacial score (nSPS) is 11.6. The number of benzene rings is 2. The molecule has 0 bridgehead atoms. The third-order valence-corrected chi connectivity index (χ3v) is 16.0. The van der Waals surface area contributed by atoms with E-state index in [1.54, 1.807) is 60.2 Å². The van der Waals surface area contributed by atoms with Crippen LogP contribution in [0.15, 0.2) is 70.8 Å². The van der Waals surface area contributed by atoms with Crippen molar-refractivity contribution in [2.24, 2.45) is 0 Å². The van der Waals surface area contributed by atoms with Crippen molar-refractivity contribution in [1.82, 2.24) is 39.5 Å². The van der Waals surface area contributed by atoms with Gasteiger partial charge in [-0.3, -0.25) is 0 Å². The highest BCUT2D eigenvalue weighted by Gasteiger charge is 2.22. The van der Waals surface area contributed by atoms with Gasteiger partial charge in [0.1, 0.15) is 25.1 Å². The van der Waals surface area contributed by atoms with E-state index in [1.165, 1.54) is 23.9 Å². The molecule has 0 amide bonds. The Morgan fingerprint density at radius 1 is 0.680 bits per heavy atom. The van der Waals surface area contributed by atoms with E-state index >= 15 is 0 Å². The highest BCUT2D eigenvalue weighted by molar-refractivity contribution is 9.10. The molecule has 0 aliphatic heterocycles. The van der Waals surface area contributed by atoms with Crippen molar-refractivity contribution in [3.05, 3.63) is 88.4 Å². The molecule has 0 aliphatic carbocycles. The Balaban J connectivity index is 0.000000299. The zero-order valence-corrected chi connectivity index (χ0v) is 50.8. The Hall–Kier alpha value is -4.47. The summed E-state index contributed by atoms with van der Waals surface area (Å²) in [5.74, 6) is 2.88. The second kappa shape index (κ2) is 31.1. The fraction of sp³-hybridized carbons (Fsp3) is 0.500. The SMILES string of the molecule is COc1cc(-c2cc(F)cc(C(C)C)c2Nc2nc(Br)nn2COCC[Si](C)(C)C)ccn1.COc1cc(-c2cc(F)cc(C(C)C)c2Nc2nc(SCCCO)nn2COCC[Si](C)(C)C)ccn1.OCCCS. The van der Waals surface area contributed by atoms with Gasteiger partial charge in [0.2, 0.25) is 33.5 Å². The topological polar surface area (TPSA) is 189 Å². The third kappa shape index (κ3) is 21.1. The van der Waals surface area contributed by atoms with Gasteiger partial charge in [-0.2, -0.15) is 22.6 Å². The predicted molar refractivity (Wildman–Crippen MR) is 311 cm³/mol. The van der Waals surface area contributed by atoms with Crippen LogP contribution in [0.4, 0.5) is 32.1 Å². The van der Waals surface area contributed by atoms with Gasteiger partial charge in [-0.1, -0.05) is 78.7 Å². The van der Waals surface area contributed by atoms with Gasteiger partial charge in [-0.05, 0) is 117 Å². The van der Waals surface area contributed by atoms with Gasteiger partial charge in [0, 0.05) is 84.0 Å². The van der Waals surface area contributed by atoms with Gasteiger partial charge in [0.25, 0.3) is 0 Å². The lowest BCUT2D eigenvalue weighted by Gasteiger charge is -2.20. The number of aliphatic hydroxyl groups excluding tert-OH is 2. The lowest BCUT2D eigenvalue weighted by molar-refractivity contribution is 0.0792. The molecule has 0 unspecified atom stereocenters. The molecule has 0 spiro atoms. The van der Waals surface area contributed by atoms with Crippen molar-refractivity contribution < 1.29 is 37.9 Å². The van der Waals surface area contributed by atoms with Crippen molar-refractivity contribution in [1.29, 1.82) is 0 Å². The van der Waals surface area contributed by atoms with Gasteiger partial charge in [-0.25, -0.2) is 28.1 Å². The van der Waals surface area contributed by atoms with Gasteiger partial charge >= 0.3 is 0 Å². The predicted octanol–water partition coefficient (Wildman–Crippen LogP) is 12.9. The molecule has 0 atom stereocenters. The molecular formula is C52H77BrF2N10O6S2Si2. The van der Waals surface area contributed by atoms with Crippen LogP contribution in [0.25, 0.3) is 22.3 Å². The zero-order valence-electron chi connectivity index (χ0n) is 45.5. The highest BCUT2D eigenvalue weighted by Crippen LogP contribution is 2.40. The molecule has 4 aromatic heterocycles. The third-order valence-electron chi connectivity index (χ3n) is 11.1. The number of aromatic nitrogens is 8. The minimum Gasteiger partial charge on any atom is -0.481 e. The van der Waals surface area contributed by atoms with E-state index in [0.29, 0.717) is 70.1 Å². The Bertz CT molecular complexity index is 2690. The maximum Gasteiger partial charge on any atom is 0.228 e. The number of anilines is 4. The molecule has 16 nitrogen and oxygen atoms in total. The summed E-state index contributed by atoms with van der Waals surface area (Å²) in [4.78, 5) is 17.6. The highest BCUT2D eigenvalue weighted by atomic mass is 79.9. The number of halogens is 3. The molecule has 0 fully saturated rings. The number of ether oxygens (including phenoxy) is 4. The number of aliphatic hydroxyl groups is 2. The van der Waals surface area contributed by atoms with Crippen LogP contribution in [-0.4, -0.2) is 118 Å². The first kappa shape index (κ1) is 63.1. The molecule has 6 rings (SSSR count). The molecule has 2 aromatic carbocycles. The lowest BCUT2D eigenvalue weighted by Crippen LogP contribution is -2.22. The number of methoxy groups -OCH3 is 2. The average Bonchev–Trinajstić information content (AvgIpc) is 3.92. The van der Waals surface area contributed by atoms with Gasteiger partial charge < -0.3 is 39.8 Å². The summed E-state index contributed by atoms with van der Waals surface area (Å²) in [6.07, 6.45) is 4.74. The van der Waals surface area contributed by atoms with Gasteiger partial charge in [-0.15, -0.1) is 10.2 Å². The fourth-order valence-electron chi connectivity index (χ4n) is 6.92. The molecule has 412 valence electrons. The molecule has 0 aliphatic rings. The lowest BCUT2D eigenvalue weighted by atomic mass is 9.94. The number of thioether (sulfide) groups is 1. The summed E-state index contributed by atoms with van der Waals surface area (Å²) >= 11 is 8.68. The summed E-state index contributed by atoms with van der Waals surface area (Å²) in [7, 11) is 0.688. The molecule has 6 aromatic rings. The number of nitrogens with one attached hydrogen (secondary N) is 2. The van der Waals surface area contributed by atoms with Crippen LogP contribution < -0.4 is 20.1 Å². The summed E-state index contributed by atoms with van der Waals surface area (Å²) in [6.45, 7) is 24.2. The molecule has 4 N–H and O–H groups in total. The molecule has 4 heterocycles. The van der Waals surface area contributed by atoms with Crippen molar-refractivity contribution >= 4 is 79.7 Å². The summed E-state index contributed by atoms with van der Waals surface area (Å²) in [5, 5.41) is 33.6. The largest absolute Gasteiger partial charge is 0.481 e. The van der Waals surface area contributed by atoms with Crippen LogP contribution in [0, 0.1) is 11.6 Å². The number of hydrogen-bond acceptors (Lipinski definition) is 16. The number of pyridine rings is 2. The number of nitrogens with zero attached hydrogens (tertiary/aromatic N) is 8. The minimum absolute atomic E-state index is 0.0449. The molecule has 0 saturated heterocycles. The zero-order chi connectivity index (χ0) is 55.3. The first-order chi connectivity index (χ1) is 35.6. The fourth-order valence-corrected chi connectivity index (χ4v) is 9.70. The maximum atomic E-state index is 14.8. The second-order valence-electron chi connectivity index (χ2n) is 20.4. The molecular weight excluding hydrogens is 1100 g/mol. The molecule has 0 saturated carbocycles. The van der Waals surface area contributed by atoms with Gasteiger partial charge in [0.05, 0.1) is 25.6 Å².